The van der Waals surface area contributed by atoms with Crippen LogP contribution >= 0.6 is 0 Å². The fraction of sp³-hybridized carbons (Fsp3) is 0.133. The Kier molecular flexibility index (Phi) is 5.02. The lowest BCUT2D eigenvalue weighted by Crippen LogP contribution is -2.32. The monoisotopic (exact) mass is 340 g/mol. The van der Waals surface area contributed by atoms with Crippen LogP contribution in [0.3, 0.4) is 0 Å². The lowest BCUT2D eigenvalue weighted by atomic mass is 10.2. The predicted octanol–water partition coefficient (Wildman–Crippen LogP) is 1.98. The van der Waals surface area contributed by atoms with Gasteiger partial charge in [0.1, 0.15) is 5.56 Å². The standard InChI is InChI=1S/C15H11F3N2O4/c1-7(24-15(23)8-3-2-6-19-14(8)22)13(21)20-10-5-4-9(16)11(17)12(10)18/h2-7H,1H3,(H,19,22)(H,20,21)/t7-/m1/s1. The molecule has 1 amide bonds. The summed E-state index contributed by atoms with van der Waals surface area (Å²) in [7, 11) is 0. The molecule has 0 aliphatic heterocycles. The number of aromatic nitrogens is 1. The van der Waals surface area contributed by atoms with Crippen LogP contribution in [-0.4, -0.2) is 23.0 Å². The molecular weight excluding hydrogens is 329 g/mol. The number of rotatable bonds is 4. The summed E-state index contributed by atoms with van der Waals surface area (Å²) in [6.07, 6.45) is -0.106. The number of nitrogens with one attached hydrogen (secondary N) is 2. The van der Waals surface area contributed by atoms with Crippen LogP contribution in [0.1, 0.15) is 17.3 Å². The Hall–Kier alpha value is -3.10. The van der Waals surface area contributed by atoms with Crippen molar-refractivity contribution in [1.82, 2.24) is 4.98 Å². The van der Waals surface area contributed by atoms with Crippen LogP contribution in [-0.2, 0) is 9.53 Å². The number of hydrogen-bond donors (Lipinski definition) is 2. The van der Waals surface area contributed by atoms with E-state index >= 15 is 0 Å². The highest BCUT2D eigenvalue weighted by Gasteiger charge is 2.22. The van der Waals surface area contributed by atoms with Crippen molar-refractivity contribution in [3.63, 3.8) is 0 Å². The van der Waals surface area contributed by atoms with Gasteiger partial charge in [-0.3, -0.25) is 9.59 Å². The summed E-state index contributed by atoms with van der Waals surface area (Å²) in [5.74, 6) is -6.78. The van der Waals surface area contributed by atoms with Crippen molar-refractivity contribution in [1.29, 1.82) is 0 Å². The number of benzene rings is 1. The summed E-state index contributed by atoms with van der Waals surface area (Å²) in [5, 5.41) is 1.97. The summed E-state index contributed by atoms with van der Waals surface area (Å²) in [5.41, 5.74) is -1.64. The molecule has 0 saturated carbocycles. The zero-order valence-corrected chi connectivity index (χ0v) is 12.2. The number of amides is 1. The van der Waals surface area contributed by atoms with Gasteiger partial charge in [0.25, 0.3) is 11.5 Å². The fourth-order valence-electron chi connectivity index (χ4n) is 1.72. The topological polar surface area (TPSA) is 88.3 Å². The Bertz CT molecular complexity index is 851. The Morgan fingerprint density at radius 3 is 2.54 bits per heavy atom. The lowest BCUT2D eigenvalue weighted by Gasteiger charge is -2.14. The number of carbonyl (C=O) groups excluding carboxylic acids is 2. The molecule has 0 aliphatic rings. The minimum absolute atomic E-state index is 0.323. The third kappa shape index (κ3) is 3.62. The van der Waals surface area contributed by atoms with Crippen molar-refractivity contribution in [3.8, 4) is 0 Å². The van der Waals surface area contributed by atoms with Crippen LogP contribution in [0.5, 0.6) is 0 Å². The highest BCUT2D eigenvalue weighted by molar-refractivity contribution is 5.97. The summed E-state index contributed by atoms with van der Waals surface area (Å²) in [4.78, 5) is 37.3. The number of esters is 1. The molecule has 0 bridgehead atoms. The maximum atomic E-state index is 13.5. The van der Waals surface area contributed by atoms with Gasteiger partial charge in [-0.15, -0.1) is 0 Å². The molecule has 126 valence electrons. The van der Waals surface area contributed by atoms with E-state index in [-0.39, 0.29) is 5.56 Å². The first-order valence-corrected chi connectivity index (χ1v) is 6.64. The van der Waals surface area contributed by atoms with Crippen molar-refractivity contribution >= 4 is 17.6 Å². The Morgan fingerprint density at radius 1 is 1.17 bits per heavy atom. The molecule has 0 fully saturated rings. The van der Waals surface area contributed by atoms with Gasteiger partial charge < -0.3 is 15.0 Å². The molecule has 1 atom stereocenters. The Balaban J connectivity index is 2.08. The minimum atomic E-state index is -1.74. The number of ether oxygens (including phenoxy) is 1. The molecule has 0 saturated heterocycles. The Morgan fingerprint density at radius 2 is 1.88 bits per heavy atom. The van der Waals surface area contributed by atoms with Gasteiger partial charge in [0.05, 0.1) is 5.69 Å². The van der Waals surface area contributed by atoms with Crippen LogP contribution in [0, 0.1) is 17.5 Å². The molecule has 24 heavy (non-hydrogen) atoms. The summed E-state index contributed by atoms with van der Waals surface area (Å²) in [6.45, 7) is 1.17. The number of halogens is 3. The molecule has 0 aliphatic carbocycles. The first kappa shape index (κ1) is 17.3. The van der Waals surface area contributed by atoms with Crippen LogP contribution in [0.2, 0.25) is 0 Å². The van der Waals surface area contributed by atoms with Crippen LogP contribution in [0.15, 0.2) is 35.3 Å². The third-order valence-corrected chi connectivity index (χ3v) is 2.98. The van der Waals surface area contributed by atoms with E-state index in [9.17, 15) is 27.6 Å². The van der Waals surface area contributed by atoms with Crippen molar-refractivity contribution in [2.75, 3.05) is 5.32 Å². The fourth-order valence-corrected chi connectivity index (χ4v) is 1.72. The normalized spacial score (nSPS) is 11.7. The van der Waals surface area contributed by atoms with E-state index in [1.165, 1.54) is 25.3 Å². The van der Waals surface area contributed by atoms with Gasteiger partial charge in [0, 0.05) is 6.20 Å². The summed E-state index contributed by atoms with van der Waals surface area (Å²) in [6, 6.07) is 4.04. The molecule has 1 aromatic carbocycles. The number of hydrogen-bond acceptors (Lipinski definition) is 4. The first-order valence-electron chi connectivity index (χ1n) is 6.64. The van der Waals surface area contributed by atoms with E-state index in [0.717, 1.165) is 6.07 Å². The zero-order chi connectivity index (χ0) is 17.9. The van der Waals surface area contributed by atoms with Crippen LogP contribution in [0.4, 0.5) is 18.9 Å². The minimum Gasteiger partial charge on any atom is -0.449 e. The highest BCUT2D eigenvalue weighted by Crippen LogP contribution is 2.20. The average Bonchev–Trinajstić information content (AvgIpc) is 2.55. The maximum Gasteiger partial charge on any atom is 0.344 e. The third-order valence-electron chi connectivity index (χ3n) is 2.98. The maximum absolute atomic E-state index is 13.5. The van der Waals surface area contributed by atoms with Crippen molar-refractivity contribution in [2.45, 2.75) is 13.0 Å². The van der Waals surface area contributed by atoms with Crippen molar-refractivity contribution in [2.24, 2.45) is 0 Å². The highest BCUT2D eigenvalue weighted by atomic mass is 19.2. The average molecular weight is 340 g/mol. The summed E-state index contributed by atoms with van der Waals surface area (Å²) < 4.78 is 44.2. The number of aromatic amines is 1. The lowest BCUT2D eigenvalue weighted by molar-refractivity contribution is -0.123. The van der Waals surface area contributed by atoms with E-state index in [1.807, 2.05) is 5.32 Å². The molecule has 2 N–H and O–H groups in total. The molecule has 2 rings (SSSR count). The molecule has 0 unspecified atom stereocenters. The van der Waals surface area contributed by atoms with Gasteiger partial charge in [0.15, 0.2) is 23.6 Å². The Labute approximate surface area is 133 Å². The molecule has 1 aromatic heterocycles. The van der Waals surface area contributed by atoms with Crippen LogP contribution < -0.4 is 10.9 Å². The molecule has 2 aromatic rings. The molecular formula is C15H11F3N2O4. The second-order valence-electron chi connectivity index (χ2n) is 4.67. The van der Waals surface area contributed by atoms with Gasteiger partial charge in [-0.1, -0.05) is 0 Å². The summed E-state index contributed by atoms with van der Waals surface area (Å²) >= 11 is 0. The van der Waals surface area contributed by atoms with Gasteiger partial charge in [-0.2, -0.15) is 0 Å². The van der Waals surface area contributed by atoms with E-state index < -0.39 is 46.7 Å². The number of anilines is 1. The number of pyridine rings is 1. The van der Waals surface area contributed by atoms with Crippen molar-refractivity contribution in [3.05, 3.63) is 63.8 Å². The molecule has 9 heteroatoms. The molecule has 0 spiro atoms. The number of H-pyrrole nitrogens is 1. The van der Waals surface area contributed by atoms with Gasteiger partial charge in [-0.25, -0.2) is 18.0 Å². The van der Waals surface area contributed by atoms with Gasteiger partial charge in [0.2, 0.25) is 0 Å². The quantitative estimate of drug-likeness (QED) is 0.658. The predicted molar refractivity (Wildman–Crippen MR) is 76.9 cm³/mol. The molecule has 0 radical (unpaired) electrons. The van der Waals surface area contributed by atoms with Gasteiger partial charge in [-0.05, 0) is 31.2 Å². The van der Waals surface area contributed by atoms with Crippen LogP contribution in [0.25, 0.3) is 0 Å². The van der Waals surface area contributed by atoms with E-state index in [0.29, 0.717) is 6.07 Å². The SMILES string of the molecule is C[C@@H](OC(=O)c1ccc[nH]c1=O)C(=O)Nc1ccc(F)c(F)c1F. The second-order valence-corrected chi connectivity index (χ2v) is 4.67. The second kappa shape index (κ2) is 6.99. The molecule has 1 heterocycles. The molecule has 6 nitrogen and oxygen atoms in total. The van der Waals surface area contributed by atoms with E-state index in [2.05, 4.69) is 4.98 Å². The van der Waals surface area contributed by atoms with E-state index in [1.54, 1.807) is 0 Å². The first-order chi connectivity index (χ1) is 11.3. The smallest absolute Gasteiger partial charge is 0.344 e. The van der Waals surface area contributed by atoms with E-state index in [4.69, 9.17) is 4.74 Å². The number of carbonyl (C=O) groups is 2. The zero-order valence-electron chi connectivity index (χ0n) is 12.2. The van der Waals surface area contributed by atoms with Gasteiger partial charge >= 0.3 is 5.97 Å². The van der Waals surface area contributed by atoms with Crippen molar-refractivity contribution < 1.29 is 27.5 Å². The largest absolute Gasteiger partial charge is 0.449 e.